The minimum atomic E-state index is -0.497. The molecule has 116 valence electrons. The van der Waals surface area contributed by atoms with Crippen molar-refractivity contribution in [3.63, 3.8) is 0 Å². The number of anilines is 1. The minimum absolute atomic E-state index is 0.317. The SMILES string of the molecule is Cc1ccccc1-c1cc2n(n1)CCN2C(=O)OC(C)(C)C. The molecule has 22 heavy (non-hydrogen) atoms. The average molecular weight is 299 g/mol. The van der Waals surface area contributed by atoms with E-state index in [4.69, 9.17) is 4.74 Å². The van der Waals surface area contributed by atoms with Crippen LogP contribution >= 0.6 is 0 Å². The molecule has 0 N–H and O–H groups in total. The van der Waals surface area contributed by atoms with E-state index in [1.807, 2.05) is 49.7 Å². The van der Waals surface area contributed by atoms with E-state index in [-0.39, 0.29) is 6.09 Å². The Balaban J connectivity index is 1.90. The van der Waals surface area contributed by atoms with Gasteiger partial charge in [-0.1, -0.05) is 24.3 Å². The molecule has 0 fully saturated rings. The molecule has 1 aromatic heterocycles. The van der Waals surface area contributed by atoms with Gasteiger partial charge < -0.3 is 4.74 Å². The highest BCUT2D eigenvalue weighted by Crippen LogP contribution is 2.30. The number of fused-ring (bicyclic) bond motifs is 1. The maximum Gasteiger partial charge on any atom is 0.416 e. The molecule has 0 aliphatic carbocycles. The summed E-state index contributed by atoms with van der Waals surface area (Å²) < 4.78 is 7.33. The lowest BCUT2D eigenvalue weighted by molar-refractivity contribution is 0.0584. The van der Waals surface area contributed by atoms with E-state index >= 15 is 0 Å². The molecule has 0 radical (unpaired) electrons. The number of hydrogen-bond acceptors (Lipinski definition) is 3. The molecule has 0 bridgehead atoms. The number of aryl methyl sites for hydroxylation is 1. The second-order valence-corrected chi connectivity index (χ2v) is 6.56. The Bertz CT molecular complexity index is 713. The molecule has 1 aliphatic rings. The van der Waals surface area contributed by atoms with Crippen molar-refractivity contribution in [3.8, 4) is 11.3 Å². The van der Waals surface area contributed by atoms with Gasteiger partial charge in [0, 0.05) is 11.6 Å². The smallest absolute Gasteiger partial charge is 0.416 e. The summed E-state index contributed by atoms with van der Waals surface area (Å²) in [5.74, 6) is 0.799. The van der Waals surface area contributed by atoms with Crippen LogP contribution < -0.4 is 4.90 Å². The van der Waals surface area contributed by atoms with E-state index in [2.05, 4.69) is 18.1 Å². The van der Waals surface area contributed by atoms with Crippen molar-refractivity contribution >= 4 is 11.9 Å². The van der Waals surface area contributed by atoms with Crippen LogP contribution in [0.3, 0.4) is 0 Å². The third-order valence-corrected chi connectivity index (χ3v) is 3.61. The third kappa shape index (κ3) is 2.71. The number of carbonyl (C=O) groups is 1. The van der Waals surface area contributed by atoms with E-state index < -0.39 is 5.60 Å². The van der Waals surface area contributed by atoms with Gasteiger partial charge in [-0.3, -0.25) is 4.90 Å². The number of amides is 1. The van der Waals surface area contributed by atoms with Gasteiger partial charge in [0.1, 0.15) is 11.4 Å². The van der Waals surface area contributed by atoms with Crippen molar-refractivity contribution in [2.45, 2.75) is 39.8 Å². The molecule has 2 heterocycles. The summed E-state index contributed by atoms with van der Waals surface area (Å²) in [5.41, 5.74) is 2.65. The maximum absolute atomic E-state index is 12.3. The van der Waals surface area contributed by atoms with Crippen molar-refractivity contribution in [2.75, 3.05) is 11.4 Å². The van der Waals surface area contributed by atoms with E-state index in [9.17, 15) is 4.79 Å². The molecule has 0 saturated carbocycles. The molecule has 2 aromatic rings. The molecular formula is C17H21N3O2. The molecule has 0 spiro atoms. The summed E-state index contributed by atoms with van der Waals surface area (Å²) in [7, 11) is 0. The first-order valence-electron chi connectivity index (χ1n) is 7.49. The highest BCUT2D eigenvalue weighted by molar-refractivity contribution is 5.88. The predicted octanol–water partition coefficient (Wildman–Crippen LogP) is 3.61. The lowest BCUT2D eigenvalue weighted by Crippen LogP contribution is -2.35. The summed E-state index contributed by atoms with van der Waals surface area (Å²) in [6, 6.07) is 10.1. The summed E-state index contributed by atoms with van der Waals surface area (Å²) in [5, 5.41) is 4.62. The van der Waals surface area contributed by atoms with Crippen molar-refractivity contribution in [3.05, 3.63) is 35.9 Å². The molecule has 0 saturated heterocycles. The Morgan fingerprint density at radius 2 is 1.95 bits per heavy atom. The zero-order valence-electron chi connectivity index (χ0n) is 13.5. The second kappa shape index (κ2) is 5.16. The van der Waals surface area contributed by atoms with Gasteiger partial charge in [-0.25, -0.2) is 9.48 Å². The van der Waals surface area contributed by atoms with Crippen LogP contribution in [0.4, 0.5) is 10.6 Å². The molecule has 0 atom stereocenters. The van der Waals surface area contributed by atoms with E-state index in [0.717, 1.165) is 17.1 Å². The molecule has 5 heteroatoms. The quantitative estimate of drug-likeness (QED) is 0.808. The first-order valence-corrected chi connectivity index (χ1v) is 7.49. The Morgan fingerprint density at radius 1 is 1.23 bits per heavy atom. The largest absolute Gasteiger partial charge is 0.443 e. The van der Waals surface area contributed by atoms with Crippen LogP contribution in [0.1, 0.15) is 26.3 Å². The van der Waals surface area contributed by atoms with Gasteiger partial charge in [-0.05, 0) is 33.3 Å². The number of ether oxygens (including phenoxy) is 1. The summed E-state index contributed by atoms with van der Waals surface area (Å²) in [6.45, 7) is 8.97. The molecule has 1 amide bonds. The number of carbonyl (C=O) groups excluding carboxylic acids is 1. The van der Waals surface area contributed by atoms with Crippen LogP contribution in [-0.2, 0) is 11.3 Å². The van der Waals surface area contributed by atoms with Crippen molar-refractivity contribution in [2.24, 2.45) is 0 Å². The second-order valence-electron chi connectivity index (χ2n) is 6.56. The Labute approximate surface area is 130 Å². The number of rotatable bonds is 1. The minimum Gasteiger partial charge on any atom is -0.443 e. The number of hydrogen-bond donors (Lipinski definition) is 0. The fourth-order valence-corrected chi connectivity index (χ4v) is 2.59. The van der Waals surface area contributed by atoms with E-state index in [1.165, 1.54) is 5.56 Å². The zero-order chi connectivity index (χ0) is 15.9. The lowest BCUT2D eigenvalue weighted by Gasteiger charge is -2.23. The number of nitrogens with zero attached hydrogens (tertiary/aromatic N) is 3. The van der Waals surface area contributed by atoms with Gasteiger partial charge in [-0.15, -0.1) is 0 Å². The average Bonchev–Trinajstić information content (AvgIpc) is 2.96. The van der Waals surface area contributed by atoms with Crippen molar-refractivity contribution in [1.82, 2.24) is 9.78 Å². The Kier molecular flexibility index (Phi) is 3.43. The monoisotopic (exact) mass is 299 g/mol. The first kappa shape index (κ1) is 14.6. The van der Waals surface area contributed by atoms with Crippen LogP contribution in [0.15, 0.2) is 30.3 Å². The van der Waals surface area contributed by atoms with Crippen molar-refractivity contribution < 1.29 is 9.53 Å². The number of aromatic nitrogens is 2. The van der Waals surface area contributed by atoms with E-state index in [0.29, 0.717) is 13.1 Å². The standard InChI is InChI=1S/C17H21N3O2/c1-12-7-5-6-8-13(12)14-11-15-19(9-10-20(15)18-14)16(21)22-17(2,3)4/h5-8,11H,9-10H2,1-4H3. The molecular weight excluding hydrogens is 278 g/mol. The lowest BCUT2D eigenvalue weighted by atomic mass is 10.1. The summed E-state index contributed by atoms with van der Waals surface area (Å²) >= 11 is 0. The topological polar surface area (TPSA) is 47.4 Å². The summed E-state index contributed by atoms with van der Waals surface area (Å²) in [4.78, 5) is 14.0. The van der Waals surface area contributed by atoms with E-state index in [1.54, 1.807) is 4.90 Å². The van der Waals surface area contributed by atoms with Gasteiger partial charge in [0.2, 0.25) is 0 Å². The molecule has 1 aliphatic heterocycles. The van der Waals surface area contributed by atoms with Crippen LogP contribution in [0, 0.1) is 6.92 Å². The highest BCUT2D eigenvalue weighted by Gasteiger charge is 2.30. The van der Waals surface area contributed by atoms with Crippen molar-refractivity contribution in [1.29, 1.82) is 0 Å². The normalized spacial score (nSPS) is 14.1. The van der Waals surface area contributed by atoms with Crippen LogP contribution in [-0.4, -0.2) is 28.0 Å². The fraction of sp³-hybridized carbons (Fsp3) is 0.412. The van der Waals surface area contributed by atoms with Gasteiger partial charge in [0.05, 0.1) is 18.8 Å². The van der Waals surface area contributed by atoms with Gasteiger partial charge in [-0.2, -0.15) is 5.10 Å². The van der Waals surface area contributed by atoms with Gasteiger partial charge in [0.25, 0.3) is 0 Å². The maximum atomic E-state index is 12.3. The van der Waals surface area contributed by atoms with Crippen LogP contribution in [0.5, 0.6) is 0 Å². The summed E-state index contributed by atoms with van der Waals surface area (Å²) in [6.07, 6.45) is -0.317. The molecule has 3 rings (SSSR count). The third-order valence-electron chi connectivity index (χ3n) is 3.61. The van der Waals surface area contributed by atoms with Crippen LogP contribution in [0.2, 0.25) is 0 Å². The molecule has 1 aromatic carbocycles. The molecule has 5 nitrogen and oxygen atoms in total. The van der Waals surface area contributed by atoms with Gasteiger partial charge >= 0.3 is 6.09 Å². The Hall–Kier alpha value is -2.30. The zero-order valence-corrected chi connectivity index (χ0v) is 13.5. The first-order chi connectivity index (χ1) is 10.3. The molecule has 0 unspecified atom stereocenters. The Morgan fingerprint density at radius 3 is 2.64 bits per heavy atom. The number of benzene rings is 1. The highest BCUT2D eigenvalue weighted by atomic mass is 16.6. The van der Waals surface area contributed by atoms with Crippen LogP contribution in [0.25, 0.3) is 11.3 Å². The van der Waals surface area contributed by atoms with Gasteiger partial charge in [0.15, 0.2) is 0 Å². The predicted molar refractivity (Wildman–Crippen MR) is 86.0 cm³/mol. The fourth-order valence-electron chi connectivity index (χ4n) is 2.59.